The molecule has 0 saturated carbocycles. The highest BCUT2D eigenvalue weighted by atomic mass is 35.5. The Morgan fingerprint density at radius 2 is 2.18 bits per heavy atom. The van der Waals surface area contributed by atoms with Crippen molar-refractivity contribution in [3.8, 4) is 0 Å². The number of β-amino-alcohol motifs (C(OH)–C–C–N with tert-alkyl or cyclic N) is 1. The van der Waals surface area contributed by atoms with Gasteiger partial charge in [0.05, 0.1) is 12.1 Å². The highest BCUT2D eigenvalue weighted by Crippen LogP contribution is 2.21. The van der Waals surface area contributed by atoms with Gasteiger partial charge in [-0.25, -0.2) is 4.98 Å². The van der Waals surface area contributed by atoms with E-state index < -0.39 is 6.10 Å². The number of hydrogen-bond donors (Lipinski definition) is 3. The molecule has 3 rings (SSSR count). The number of thiazole rings is 1. The number of rotatable bonds is 4. The van der Waals surface area contributed by atoms with Crippen LogP contribution >= 0.6 is 23.7 Å². The highest BCUT2D eigenvalue weighted by Gasteiger charge is 2.28. The van der Waals surface area contributed by atoms with E-state index in [1.165, 1.54) is 16.9 Å². The lowest BCUT2D eigenvalue weighted by atomic mass is 10.1. The summed E-state index contributed by atoms with van der Waals surface area (Å²) in [5.74, 6) is -0.132. The number of carbonyl (C=O) groups excluding carboxylic acids is 1. The summed E-state index contributed by atoms with van der Waals surface area (Å²) in [6.07, 6.45) is 2.62. The van der Waals surface area contributed by atoms with Crippen LogP contribution in [0.4, 0.5) is 5.13 Å². The number of aliphatic hydroxyl groups excluding tert-OH is 1. The second-order valence-corrected chi connectivity index (χ2v) is 6.25. The predicted octanol–water partition coefficient (Wildman–Crippen LogP) is 1.82. The number of benzene rings is 1. The minimum Gasteiger partial charge on any atom is -0.392 e. The van der Waals surface area contributed by atoms with E-state index in [0.717, 1.165) is 11.3 Å². The lowest BCUT2D eigenvalue weighted by Crippen LogP contribution is -2.35. The Bertz CT molecular complexity index is 620. The van der Waals surface area contributed by atoms with Crippen molar-refractivity contribution in [2.75, 3.05) is 11.9 Å². The molecule has 1 aliphatic rings. The fourth-order valence-electron chi connectivity index (χ4n) is 2.35. The highest BCUT2D eigenvalue weighted by molar-refractivity contribution is 7.15. The van der Waals surface area contributed by atoms with Crippen LogP contribution < -0.4 is 10.6 Å². The van der Waals surface area contributed by atoms with E-state index in [1.807, 2.05) is 18.2 Å². The molecule has 3 N–H and O–H groups in total. The summed E-state index contributed by atoms with van der Waals surface area (Å²) in [6, 6.07) is 9.82. The molecule has 1 aliphatic heterocycles. The van der Waals surface area contributed by atoms with Crippen molar-refractivity contribution in [3.05, 3.63) is 47.0 Å². The maximum atomic E-state index is 12.0. The van der Waals surface area contributed by atoms with E-state index >= 15 is 0 Å². The van der Waals surface area contributed by atoms with Crippen molar-refractivity contribution >= 4 is 34.8 Å². The topological polar surface area (TPSA) is 74.2 Å². The molecule has 1 aromatic heterocycles. The first-order chi connectivity index (χ1) is 10.2. The van der Waals surface area contributed by atoms with Gasteiger partial charge in [0.2, 0.25) is 5.91 Å². The Balaban J connectivity index is 0.00000176. The van der Waals surface area contributed by atoms with Gasteiger partial charge < -0.3 is 15.7 Å². The second-order valence-electron chi connectivity index (χ2n) is 5.13. The van der Waals surface area contributed by atoms with Crippen molar-refractivity contribution < 1.29 is 9.90 Å². The van der Waals surface area contributed by atoms with Gasteiger partial charge in [-0.15, -0.1) is 23.7 Å². The largest absolute Gasteiger partial charge is 0.392 e. The molecule has 2 atom stereocenters. The van der Waals surface area contributed by atoms with Gasteiger partial charge in [-0.05, 0) is 12.0 Å². The van der Waals surface area contributed by atoms with Gasteiger partial charge in [-0.2, -0.15) is 0 Å². The van der Waals surface area contributed by atoms with Crippen LogP contribution in [-0.4, -0.2) is 34.7 Å². The van der Waals surface area contributed by atoms with Crippen LogP contribution in [-0.2, 0) is 11.2 Å². The number of aliphatic hydroxyl groups is 1. The summed E-state index contributed by atoms with van der Waals surface area (Å²) in [5, 5.41) is 15.8. The van der Waals surface area contributed by atoms with E-state index in [4.69, 9.17) is 0 Å². The number of nitrogens with one attached hydrogen (secondary N) is 2. The third kappa shape index (κ3) is 4.27. The Morgan fingerprint density at radius 1 is 1.41 bits per heavy atom. The normalized spacial score (nSPS) is 20.4. The standard InChI is InChI=1S/C15H17N3O2S.ClH/c19-11-7-13(16-8-11)14(20)18-15-17-9-12(21-15)6-10-4-2-1-3-5-10;/h1-5,9,11,13,16,19H,6-8H2,(H,17,18,20);1H. The number of amides is 1. The van der Waals surface area contributed by atoms with Crippen LogP contribution in [0.3, 0.4) is 0 Å². The third-order valence-electron chi connectivity index (χ3n) is 3.43. The molecule has 2 heterocycles. The lowest BCUT2D eigenvalue weighted by Gasteiger charge is -2.08. The molecule has 1 fully saturated rings. The second kappa shape index (κ2) is 7.69. The zero-order valence-corrected chi connectivity index (χ0v) is 13.5. The van der Waals surface area contributed by atoms with Gasteiger partial charge in [-0.1, -0.05) is 30.3 Å². The van der Waals surface area contributed by atoms with Crippen molar-refractivity contribution in [2.24, 2.45) is 0 Å². The molecule has 1 saturated heterocycles. The fourth-order valence-corrected chi connectivity index (χ4v) is 3.20. The first-order valence-corrected chi connectivity index (χ1v) is 7.73. The van der Waals surface area contributed by atoms with Gasteiger partial charge in [-0.3, -0.25) is 4.79 Å². The molecule has 0 spiro atoms. The maximum absolute atomic E-state index is 12.0. The SMILES string of the molecule is Cl.O=C(Nc1ncc(Cc2ccccc2)s1)C1CC(O)CN1. The van der Waals surface area contributed by atoms with Crippen LogP contribution in [0.25, 0.3) is 0 Å². The van der Waals surface area contributed by atoms with Crippen molar-refractivity contribution in [1.82, 2.24) is 10.3 Å². The molecule has 7 heteroatoms. The van der Waals surface area contributed by atoms with Gasteiger partial charge >= 0.3 is 0 Å². The summed E-state index contributed by atoms with van der Waals surface area (Å²) in [5.41, 5.74) is 1.22. The smallest absolute Gasteiger partial charge is 0.243 e. The predicted molar refractivity (Wildman–Crippen MR) is 89.7 cm³/mol. The van der Waals surface area contributed by atoms with Crippen LogP contribution in [0, 0.1) is 0 Å². The molecular formula is C15H18ClN3O2S. The number of carbonyl (C=O) groups is 1. The lowest BCUT2D eigenvalue weighted by molar-refractivity contribution is -0.117. The average Bonchev–Trinajstić information content (AvgIpc) is 3.09. The van der Waals surface area contributed by atoms with Gasteiger partial charge in [0.1, 0.15) is 0 Å². The molecule has 0 aliphatic carbocycles. The van der Waals surface area contributed by atoms with Crippen molar-refractivity contribution in [3.63, 3.8) is 0 Å². The minimum atomic E-state index is -0.439. The monoisotopic (exact) mass is 339 g/mol. The summed E-state index contributed by atoms with van der Waals surface area (Å²) < 4.78 is 0. The summed E-state index contributed by atoms with van der Waals surface area (Å²) in [7, 11) is 0. The first-order valence-electron chi connectivity index (χ1n) is 6.91. The van der Waals surface area contributed by atoms with E-state index in [2.05, 4.69) is 27.8 Å². The molecule has 2 unspecified atom stereocenters. The quantitative estimate of drug-likeness (QED) is 0.794. The third-order valence-corrected chi connectivity index (χ3v) is 4.34. The summed E-state index contributed by atoms with van der Waals surface area (Å²) >= 11 is 1.48. The zero-order valence-electron chi connectivity index (χ0n) is 11.9. The van der Waals surface area contributed by atoms with Gasteiger partial charge in [0, 0.05) is 24.0 Å². The van der Waals surface area contributed by atoms with E-state index in [1.54, 1.807) is 6.20 Å². The maximum Gasteiger partial charge on any atom is 0.243 e. The Kier molecular flexibility index (Phi) is 5.90. The first kappa shape index (κ1) is 16.9. The Hall–Kier alpha value is -1.47. The molecule has 0 bridgehead atoms. The molecular weight excluding hydrogens is 322 g/mol. The molecule has 118 valence electrons. The van der Waals surface area contributed by atoms with Crippen molar-refractivity contribution in [1.29, 1.82) is 0 Å². The molecule has 0 radical (unpaired) electrons. The minimum absolute atomic E-state index is 0. The number of nitrogens with zero attached hydrogens (tertiary/aromatic N) is 1. The van der Waals surface area contributed by atoms with Crippen LogP contribution in [0.15, 0.2) is 36.5 Å². The van der Waals surface area contributed by atoms with E-state index in [-0.39, 0.29) is 24.4 Å². The van der Waals surface area contributed by atoms with Crippen LogP contribution in [0.2, 0.25) is 0 Å². The molecule has 5 nitrogen and oxygen atoms in total. The van der Waals surface area contributed by atoms with Crippen LogP contribution in [0.1, 0.15) is 16.9 Å². The van der Waals surface area contributed by atoms with Crippen molar-refractivity contribution in [2.45, 2.75) is 25.0 Å². The Morgan fingerprint density at radius 3 is 2.86 bits per heavy atom. The number of halogens is 1. The summed E-state index contributed by atoms with van der Waals surface area (Å²) in [4.78, 5) is 17.4. The Labute approximate surface area is 139 Å². The zero-order chi connectivity index (χ0) is 14.7. The van der Waals surface area contributed by atoms with Gasteiger partial charge in [0.25, 0.3) is 0 Å². The number of hydrogen-bond acceptors (Lipinski definition) is 5. The number of anilines is 1. The van der Waals surface area contributed by atoms with Gasteiger partial charge in [0.15, 0.2) is 5.13 Å². The molecule has 1 amide bonds. The fraction of sp³-hybridized carbons (Fsp3) is 0.333. The molecule has 1 aromatic carbocycles. The van der Waals surface area contributed by atoms with Crippen LogP contribution in [0.5, 0.6) is 0 Å². The summed E-state index contributed by atoms with van der Waals surface area (Å²) in [6.45, 7) is 0.467. The number of aromatic nitrogens is 1. The average molecular weight is 340 g/mol. The molecule has 22 heavy (non-hydrogen) atoms. The van der Waals surface area contributed by atoms with E-state index in [0.29, 0.717) is 18.1 Å². The molecule has 2 aromatic rings. The van der Waals surface area contributed by atoms with E-state index in [9.17, 15) is 9.90 Å².